The van der Waals surface area contributed by atoms with Crippen molar-refractivity contribution in [2.45, 2.75) is 32.4 Å². The minimum atomic E-state index is 0. The molecule has 3 N–H and O–H groups in total. The smallest absolute Gasteiger partial charge is 0.0344 e. The van der Waals surface area contributed by atoms with E-state index < -0.39 is 0 Å². The largest absolute Gasteiger partial charge is 0.412 e. The monoisotopic (exact) mass is 370 g/mol. The van der Waals surface area contributed by atoms with E-state index in [1.165, 1.54) is 42.7 Å². The van der Waals surface area contributed by atoms with Crippen molar-refractivity contribution < 1.29 is 5.48 Å². The highest BCUT2D eigenvalue weighted by atomic mass is 35.5. The average molecular weight is 371 g/mol. The van der Waals surface area contributed by atoms with Gasteiger partial charge in [-0.25, -0.2) is 0 Å². The number of hydrogen-bond donors (Lipinski definition) is 1. The Morgan fingerprint density at radius 1 is 0.958 bits per heavy atom. The minimum absolute atomic E-state index is 0. The van der Waals surface area contributed by atoms with Crippen LogP contribution in [0.1, 0.15) is 24.0 Å². The van der Waals surface area contributed by atoms with E-state index in [2.05, 4.69) is 71.7 Å². The molecule has 1 aliphatic heterocycles. The third-order valence-electron chi connectivity index (χ3n) is 4.23. The number of likely N-dealkylation sites (tertiary alicyclic amines) is 1. The zero-order valence-electron chi connectivity index (χ0n) is 14.1. The molecule has 0 amide bonds. The number of hydrogen-bond acceptors (Lipinski definition) is 2. The highest BCUT2D eigenvalue weighted by Crippen LogP contribution is 2.18. The molecule has 0 bridgehead atoms. The Morgan fingerprint density at radius 2 is 1.62 bits per heavy atom. The number of rotatable bonds is 4. The second-order valence-corrected chi connectivity index (χ2v) is 6.05. The van der Waals surface area contributed by atoms with Crippen LogP contribution < -0.4 is 5.32 Å². The number of aryl methyl sites for hydroxylation is 1. The summed E-state index contributed by atoms with van der Waals surface area (Å²) < 4.78 is 0. The lowest BCUT2D eigenvalue weighted by Crippen LogP contribution is -2.38. The molecule has 134 valence electrons. The molecule has 1 aliphatic rings. The molecular weight excluding hydrogens is 343 g/mol. The highest BCUT2D eigenvalue weighted by Gasteiger charge is 2.18. The van der Waals surface area contributed by atoms with E-state index in [4.69, 9.17) is 0 Å². The third kappa shape index (κ3) is 6.70. The fraction of sp³-hybridized carbons (Fsp3) is 0.368. The van der Waals surface area contributed by atoms with Gasteiger partial charge in [-0.15, -0.1) is 24.8 Å². The van der Waals surface area contributed by atoms with Crippen LogP contribution in [0, 0.1) is 6.92 Å². The van der Waals surface area contributed by atoms with Crippen LogP contribution >= 0.6 is 24.8 Å². The predicted octanol–water partition coefficient (Wildman–Crippen LogP) is 4.09. The molecule has 24 heavy (non-hydrogen) atoms. The Balaban J connectivity index is 0.00000176. The molecule has 0 saturated carbocycles. The molecule has 2 aromatic carbocycles. The number of halogens is 2. The summed E-state index contributed by atoms with van der Waals surface area (Å²) in [6.45, 7) is 5.59. The summed E-state index contributed by atoms with van der Waals surface area (Å²) in [6, 6.07) is 20.1. The van der Waals surface area contributed by atoms with Crippen LogP contribution in [0.15, 0.2) is 54.6 Å². The Hall–Kier alpha value is -1.26. The van der Waals surface area contributed by atoms with Crippen molar-refractivity contribution in [3.8, 4) is 0 Å². The molecule has 0 atom stereocenters. The van der Waals surface area contributed by atoms with E-state index in [1.807, 2.05) is 0 Å². The third-order valence-corrected chi connectivity index (χ3v) is 4.23. The number of anilines is 1. The van der Waals surface area contributed by atoms with Gasteiger partial charge in [0.2, 0.25) is 0 Å². The first-order valence-corrected chi connectivity index (χ1v) is 7.89. The van der Waals surface area contributed by atoms with Crippen LogP contribution in [0.2, 0.25) is 0 Å². The van der Waals surface area contributed by atoms with Gasteiger partial charge in [0, 0.05) is 31.4 Å². The summed E-state index contributed by atoms with van der Waals surface area (Å²) in [6.07, 6.45) is 2.45. The minimum Gasteiger partial charge on any atom is -0.412 e. The van der Waals surface area contributed by atoms with Crippen molar-refractivity contribution in [1.29, 1.82) is 0 Å². The van der Waals surface area contributed by atoms with Crippen LogP contribution in [0.3, 0.4) is 0 Å². The summed E-state index contributed by atoms with van der Waals surface area (Å²) in [5, 5.41) is 3.68. The maximum absolute atomic E-state index is 3.68. The predicted molar refractivity (Wildman–Crippen MR) is 108 cm³/mol. The van der Waals surface area contributed by atoms with E-state index in [9.17, 15) is 0 Å². The van der Waals surface area contributed by atoms with E-state index in [0.29, 0.717) is 6.04 Å². The summed E-state index contributed by atoms with van der Waals surface area (Å²) in [4.78, 5) is 2.56. The molecular formula is C19H28Cl2N2O. The van der Waals surface area contributed by atoms with Crippen molar-refractivity contribution in [3.05, 3.63) is 65.7 Å². The van der Waals surface area contributed by atoms with Crippen LogP contribution in [0.25, 0.3) is 0 Å². The zero-order chi connectivity index (χ0) is 14.5. The van der Waals surface area contributed by atoms with Gasteiger partial charge in [-0.05, 0) is 43.0 Å². The molecule has 1 fully saturated rings. The maximum atomic E-state index is 3.68. The van der Waals surface area contributed by atoms with Gasteiger partial charge in [0.05, 0.1) is 0 Å². The van der Waals surface area contributed by atoms with Gasteiger partial charge in [-0.3, -0.25) is 4.90 Å². The van der Waals surface area contributed by atoms with Gasteiger partial charge >= 0.3 is 0 Å². The quantitative estimate of drug-likeness (QED) is 0.880. The molecule has 5 heteroatoms. The van der Waals surface area contributed by atoms with Gasteiger partial charge in [-0.2, -0.15) is 0 Å². The van der Waals surface area contributed by atoms with Crippen LogP contribution in [-0.4, -0.2) is 29.5 Å². The fourth-order valence-corrected chi connectivity index (χ4v) is 3.05. The summed E-state index contributed by atoms with van der Waals surface area (Å²) >= 11 is 0. The summed E-state index contributed by atoms with van der Waals surface area (Å²) in [7, 11) is 0. The zero-order valence-corrected chi connectivity index (χ0v) is 15.7. The standard InChI is InChI=1S/C19H24N2.2ClH.H2O/c1-16-6-5-9-19(14-16)20-18-10-12-21(13-11-18)15-17-7-3-2-4-8-17;;;/h2-9,14,18,20H,10-13,15H2,1H3;2*1H;1H2. The van der Waals surface area contributed by atoms with Crippen LogP contribution in [0.4, 0.5) is 5.69 Å². The van der Waals surface area contributed by atoms with Gasteiger partial charge in [0.15, 0.2) is 0 Å². The maximum Gasteiger partial charge on any atom is 0.0344 e. The Labute approximate surface area is 157 Å². The SMILES string of the molecule is Cc1cccc(NC2CCN(Cc3ccccc3)CC2)c1.Cl.Cl.O. The Morgan fingerprint density at radius 3 is 2.25 bits per heavy atom. The van der Waals surface area contributed by atoms with Gasteiger partial charge < -0.3 is 10.8 Å². The molecule has 1 heterocycles. The van der Waals surface area contributed by atoms with Crippen molar-refractivity contribution in [2.75, 3.05) is 18.4 Å². The van der Waals surface area contributed by atoms with E-state index >= 15 is 0 Å². The molecule has 0 radical (unpaired) electrons. The number of nitrogens with zero attached hydrogens (tertiary/aromatic N) is 1. The van der Waals surface area contributed by atoms with Crippen molar-refractivity contribution in [1.82, 2.24) is 4.90 Å². The lowest BCUT2D eigenvalue weighted by atomic mass is 10.0. The number of nitrogens with one attached hydrogen (secondary N) is 1. The van der Waals surface area contributed by atoms with Crippen molar-refractivity contribution in [3.63, 3.8) is 0 Å². The van der Waals surface area contributed by atoms with Crippen molar-refractivity contribution in [2.24, 2.45) is 0 Å². The Kier molecular flexibility index (Phi) is 10.7. The first kappa shape index (κ1) is 22.7. The van der Waals surface area contributed by atoms with Crippen LogP contribution in [-0.2, 0) is 6.54 Å². The topological polar surface area (TPSA) is 46.8 Å². The van der Waals surface area contributed by atoms with Gasteiger partial charge in [0.25, 0.3) is 0 Å². The van der Waals surface area contributed by atoms with E-state index in [-0.39, 0.29) is 30.3 Å². The first-order chi connectivity index (χ1) is 10.3. The van der Waals surface area contributed by atoms with Gasteiger partial charge in [0.1, 0.15) is 0 Å². The summed E-state index contributed by atoms with van der Waals surface area (Å²) in [5.74, 6) is 0. The Bertz CT molecular complexity index is 573. The second kappa shape index (κ2) is 11.3. The second-order valence-electron chi connectivity index (χ2n) is 6.05. The van der Waals surface area contributed by atoms with E-state index in [1.54, 1.807) is 0 Å². The average Bonchev–Trinajstić information content (AvgIpc) is 2.50. The van der Waals surface area contributed by atoms with Gasteiger partial charge in [-0.1, -0.05) is 42.5 Å². The molecule has 0 unspecified atom stereocenters. The molecule has 0 spiro atoms. The first-order valence-electron chi connectivity index (χ1n) is 7.89. The number of benzene rings is 2. The van der Waals surface area contributed by atoms with Crippen molar-refractivity contribution >= 4 is 30.5 Å². The van der Waals surface area contributed by atoms with E-state index in [0.717, 1.165) is 6.54 Å². The molecule has 1 saturated heterocycles. The lowest BCUT2D eigenvalue weighted by Gasteiger charge is -2.33. The molecule has 3 rings (SSSR count). The highest BCUT2D eigenvalue weighted by molar-refractivity contribution is 5.85. The lowest BCUT2D eigenvalue weighted by molar-refractivity contribution is 0.211. The molecule has 0 aromatic heterocycles. The molecule has 3 nitrogen and oxygen atoms in total. The summed E-state index contributed by atoms with van der Waals surface area (Å²) in [5.41, 5.74) is 4.00. The molecule has 2 aromatic rings. The fourth-order valence-electron chi connectivity index (χ4n) is 3.05. The number of piperidine rings is 1. The molecule has 0 aliphatic carbocycles. The normalized spacial score (nSPS) is 14.7. The van der Waals surface area contributed by atoms with Crippen LogP contribution in [0.5, 0.6) is 0 Å².